The molecule has 0 amide bonds. The van der Waals surface area contributed by atoms with Crippen molar-refractivity contribution >= 4 is 0 Å². The number of rotatable bonds is 2. The lowest BCUT2D eigenvalue weighted by molar-refractivity contribution is 0.336. The minimum absolute atomic E-state index is 0.298. The summed E-state index contributed by atoms with van der Waals surface area (Å²) < 4.78 is 29.6. The first-order valence-corrected chi connectivity index (χ1v) is 3.23. The van der Waals surface area contributed by atoms with Crippen LogP contribution in [0.5, 0.6) is 5.75 Å². The van der Waals surface area contributed by atoms with Gasteiger partial charge in [0.1, 0.15) is 5.75 Å². The van der Waals surface area contributed by atoms with Crippen LogP contribution in [0.2, 0.25) is 0 Å². The number of halogens is 2. The Bertz CT molecular complexity index is 248. The van der Waals surface area contributed by atoms with Crippen molar-refractivity contribution in [1.29, 1.82) is 0 Å². The van der Waals surface area contributed by atoms with Gasteiger partial charge >= 0.3 is 0 Å². The molecule has 0 aliphatic heterocycles. The van der Waals surface area contributed by atoms with E-state index in [-0.39, 0.29) is 0 Å². The fourth-order valence-corrected chi connectivity index (χ4v) is 0.683. The lowest BCUT2D eigenvalue weighted by Crippen LogP contribution is -1.93. The lowest BCUT2D eigenvalue weighted by Gasteiger charge is -2.01. The molecule has 3 heteroatoms. The van der Waals surface area contributed by atoms with E-state index in [2.05, 4.69) is 6.07 Å². The van der Waals surface area contributed by atoms with Crippen LogP contribution in [0.25, 0.3) is 0 Å². The molecule has 0 saturated carbocycles. The van der Waals surface area contributed by atoms with Gasteiger partial charge in [-0.05, 0) is 13.0 Å². The van der Waals surface area contributed by atoms with Crippen molar-refractivity contribution in [3.63, 3.8) is 0 Å². The van der Waals surface area contributed by atoms with Crippen molar-refractivity contribution in [2.24, 2.45) is 0 Å². The van der Waals surface area contributed by atoms with Crippen molar-refractivity contribution in [2.75, 3.05) is 6.61 Å². The predicted molar refractivity (Wildman–Crippen MR) is 36.4 cm³/mol. The highest BCUT2D eigenvalue weighted by atomic mass is 19.2. The van der Waals surface area contributed by atoms with Crippen molar-refractivity contribution in [2.45, 2.75) is 6.92 Å². The van der Waals surface area contributed by atoms with Gasteiger partial charge in [-0.3, -0.25) is 0 Å². The Hall–Kier alpha value is -1.12. The Morgan fingerprint density at radius 2 is 2.27 bits per heavy atom. The van der Waals surface area contributed by atoms with Crippen LogP contribution < -0.4 is 4.74 Å². The van der Waals surface area contributed by atoms with E-state index in [1.807, 2.05) is 0 Å². The van der Waals surface area contributed by atoms with Gasteiger partial charge in [0.25, 0.3) is 0 Å². The van der Waals surface area contributed by atoms with Crippen LogP contribution in [-0.2, 0) is 0 Å². The molecule has 11 heavy (non-hydrogen) atoms. The van der Waals surface area contributed by atoms with Gasteiger partial charge in [-0.15, -0.1) is 0 Å². The summed E-state index contributed by atoms with van der Waals surface area (Å²) in [4.78, 5) is 0. The van der Waals surface area contributed by atoms with Crippen LogP contribution in [0.1, 0.15) is 6.92 Å². The van der Waals surface area contributed by atoms with Gasteiger partial charge in [0.2, 0.25) is 0 Å². The summed E-state index contributed by atoms with van der Waals surface area (Å²) in [6.45, 7) is 2.19. The number of benzene rings is 1. The molecule has 0 unspecified atom stereocenters. The second kappa shape index (κ2) is 3.32. The average Bonchev–Trinajstić information content (AvgIpc) is 1.98. The molecule has 0 aliphatic rings. The Balaban J connectivity index is 2.86. The molecule has 0 heterocycles. The maximum atomic E-state index is 12.4. The summed E-state index contributed by atoms with van der Waals surface area (Å²) in [5.74, 6) is -1.61. The van der Waals surface area contributed by atoms with Gasteiger partial charge in [-0.1, -0.05) is 0 Å². The van der Waals surface area contributed by atoms with Gasteiger partial charge in [-0.2, -0.15) is 0 Å². The van der Waals surface area contributed by atoms with E-state index in [0.717, 1.165) is 6.07 Å². The molecule has 0 fully saturated rings. The second-order valence-corrected chi connectivity index (χ2v) is 1.93. The molecule has 1 aromatic rings. The third-order valence-corrected chi connectivity index (χ3v) is 1.13. The zero-order chi connectivity index (χ0) is 8.27. The summed E-state index contributed by atoms with van der Waals surface area (Å²) >= 11 is 0. The van der Waals surface area contributed by atoms with Crippen molar-refractivity contribution in [3.05, 3.63) is 29.8 Å². The number of hydrogen-bond donors (Lipinski definition) is 0. The van der Waals surface area contributed by atoms with Crippen LogP contribution in [-0.4, -0.2) is 6.61 Å². The number of ether oxygens (including phenoxy) is 1. The molecule has 0 N–H and O–H groups in total. The second-order valence-electron chi connectivity index (χ2n) is 1.93. The van der Waals surface area contributed by atoms with Crippen LogP contribution in [0.4, 0.5) is 8.78 Å². The maximum absolute atomic E-state index is 12.4. The Labute approximate surface area is 63.6 Å². The van der Waals surface area contributed by atoms with Crippen LogP contribution >= 0.6 is 0 Å². The molecule has 0 atom stereocenters. The smallest absolute Gasteiger partial charge is 0.167 e. The Kier molecular flexibility index (Phi) is 2.41. The Morgan fingerprint density at radius 3 is 2.82 bits per heavy atom. The topological polar surface area (TPSA) is 9.23 Å². The van der Waals surface area contributed by atoms with Gasteiger partial charge in [0, 0.05) is 12.1 Å². The van der Waals surface area contributed by atoms with Gasteiger partial charge in [-0.25, -0.2) is 8.78 Å². The molecule has 0 spiro atoms. The third kappa shape index (κ3) is 1.90. The molecule has 0 aliphatic carbocycles. The first-order valence-electron chi connectivity index (χ1n) is 3.23. The average molecular weight is 157 g/mol. The van der Waals surface area contributed by atoms with E-state index in [1.165, 1.54) is 6.07 Å². The quantitative estimate of drug-likeness (QED) is 0.639. The molecular weight excluding hydrogens is 150 g/mol. The molecule has 1 aromatic carbocycles. The van der Waals surface area contributed by atoms with E-state index in [4.69, 9.17) is 4.74 Å². The highest BCUT2D eigenvalue weighted by molar-refractivity contribution is 5.22. The van der Waals surface area contributed by atoms with Crippen molar-refractivity contribution in [1.82, 2.24) is 0 Å². The summed E-state index contributed by atoms with van der Waals surface area (Å²) in [5.41, 5.74) is 0. The lowest BCUT2D eigenvalue weighted by atomic mass is 10.3. The fourth-order valence-electron chi connectivity index (χ4n) is 0.683. The molecule has 0 bridgehead atoms. The molecule has 1 radical (unpaired) electrons. The normalized spacial score (nSPS) is 9.73. The zero-order valence-corrected chi connectivity index (χ0v) is 6.03. The van der Waals surface area contributed by atoms with E-state index < -0.39 is 11.6 Å². The standard InChI is InChI=1S/C8H7F2O/c1-2-11-6-3-4-7(9)8(10)5-6/h3,5H,2H2,1H3. The van der Waals surface area contributed by atoms with Gasteiger partial charge < -0.3 is 4.74 Å². The molecule has 1 rings (SSSR count). The molecule has 59 valence electrons. The molecule has 0 aromatic heterocycles. The summed E-state index contributed by atoms with van der Waals surface area (Å²) in [7, 11) is 0. The molecule has 0 saturated heterocycles. The highest BCUT2D eigenvalue weighted by Gasteiger charge is 2.02. The first-order chi connectivity index (χ1) is 5.24. The van der Waals surface area contributed by atoms with Crippen LogP contribution in [0, 0.1) is 17.7 Å². The number of hydrogen-bond acceptors (Lipinski definition) is 1. The third-order valence-electron chi connectivity index (χ3n) is 1.13. The molecular formula is C8H7F2O. The highest BCUT2D eigenvalue weighted by Crippen LogP contribution is 2.14. The summed E-state index contributed by atoms with van der Waals surface area (Å²) in [6, 6.07) is 4.35. The zero-order valence-electron chi connectivity index (χ0n) is 6.03. The SMILES string of the molecule is CCOc1c[c]c(F)c(F)c1. The predicted octanol–water partition coefficient (Wildman–Crippen LogP) is 2.16. The van der Waals surface area contributed by atoms with Crippen molar-refractivity contribution in [3.8, 4) is 5.75 Å². The summed E-state index contributed by atoms with van der Waals surface area (Å²) in [6.07, 6.45) is 0. The Morgan fingerprint density at radius 1 is 1.55 bits per heavy atom. The van der Waals surface area contributed by atoms with Gasteiger partial charge in [0.15, 0.2) is 11.6 Å². The maximum Gasteiger partial charge on any atom is 0.167 e. The van der Waals surface area contributed by atoms with E-state index in [1.54, 1.807) is 6.92 Å². The van der Waals surface area contributed by atoms with E-state index in [9.17, 15) is 8.78 Å². The molecule has 1 nitrogen and oxygen atoms in total. The monoisotopic (exact) mass is 157 g/mol. The van der Waals surface area contributed by atoms with Gasteiger partial charge in [0.05, 0.1) is 6.61 Å². The van der Waals surface area contributed by atoms with Crippen LogP contribution in [0.15, 0.2) is 12.1 Å². The van der Waals surface area contributed by atoms with Crippen LogP contribution in [0.3, 0.4) is 0 Å². The minimum atomic E-state index is -0.978. The minimum Gasteiger partial charge on any atom is -0.494 e. The largest absolute Gasteiger partial charge is 0.494 e. The first kappa shape index (κ1) is 7.98. The fraction of sp³-hybridized carbons (Fsp3) is 0.250. The van der Waals surface area contributed by atoms with Crippen molar-refractivity contribution < 1.29 is 13.5 Å². The summed E-state index contributed by atoms with van der Waals surface area (Å²) in [5, 5.41) is 0. The van der Waals surface area contributed by atoms with E-state index >= 15 is 0 Å². The van der Waals surface area contributed by atoms with E-state index in [0.29, 0.717) is 12.4 Å².